The van der Waals surface area contributed by atoms with Gasteiger partial charge in [-0.2, -0.15) is 0 Å². The van der Waals surface area contributed by atoms with E-state index in [9.17, 15) is 4.79 Å². The first kappa shape index (κ1) is 12.2. The van der Waals surface area contributed by atoms with Gasteiger partial charge in [0, 0.05) is 6.54 Å². The number of carbonyl (C=O) groups excluding carboxylic acids is 1. The van der Waals surface area contributed by atoms with Gasteiger partial charge in [0.2, 0.25) is 0 Å². The summed E-state index contributed by atoms with van der Waals surface area (Å²) in [6.45, 7) is 4.74. The van der Waals surface area contributed by atoms with Gasteiger partial charge in [0.1, 0.15) is 11.4 Å². The van der Waals surface area contributed by atoms with Gasteiger partial charge in [-0.25, -0.2) is 4.79 Å². The van der Waals surface area contributed by atoms with Crippen molar-refractivity contribution < 1.29 is 4.79 Å². The second-order valence-corrected chi connectivity index (χ2v) is 6.01. The van der Waals surface area contributed by atoms with E-state index in [0.29, 0.717) is 12.4 Å². The Morgan fingerprint density at radius 2 is 1.89 bits per heavy atom. The van der Waals surface area contributed by atoms with E-state index < -0.39 is 5.54 Å². The van der Waals surface area contributed by atoms with Crippen LogP contribution in [0.3, 0.4) is 0 Å². The number of amides is 2. The zero-order valence-corrected chi connectivity index (χ0v) is 11.4. The number of amidine groups is 1. The lowest BCUT2D eigenvalue weighted by molar-refractivity contribution is 0.134. The Kier molecular flexibility index (Phi) is 2.46. The number of hydrogen-bond acceptors (Lipinski definition) is 2. The zero-order valence-electron chi connectivity index (χ0n) is 11.4. The number of hydrogen-bond donors (Lipinski definition) is 2. The second-order valence-electron chi connectivity index (χ2n) is 6.01. The molecule has 2 fully saturated rings. The van der Waals surface area contributed by atoms with E-state index in [1.807, 2.05) is 42.2 Å². The molecule has 2 amide bonds. The molecule has 1 aliphatic carbocycles. The summed E-state index contributed by atoms with van der Waals surface area (Å²) in [5.74, 6) is 0.341. The third-order valence-electron chi connectivity index (χ3n) is 4.86. The van der Waals surface area contributed by atoms with Gasteiger partial charge in [0.25, 0.3) is 0 Å². The first-order chi connectivity index (χ1) is 8.97. The Hall–Kier alpha value is -1.84. The first-order valence-corrected chi connectivity index (χ1v) is 6.69. The molecular weight excluding hydrogens is 238 g/mol. The largest absolute Gasteiger partial charge is 0.323 e. The van der Waals surface area contributed by atoms with Crippen LogP contribution in [0.1, 0.15) is 32.3 Å². The highest BCUT2D eigenvalue weighted by molar-refractivity contribution is 6.09. The number of urea groups is 1. The molecule has 1 unspecified atom stereocenters. The third-order valence-corrected chi connectivity index (χ3v) is 4.86. The number of nitrogens with zero attached hydrogens (tertiary/aromatic N) is 1. The molecule has 0 bridgehead atoms. The molecule has 1 saturated carbocycles. The van der Waals surface area contributed by atoms with Crippen LogP contribution < -0.4 is 5.32 Å². The molecule has 0 radical (unpaired) electrons. The molecule has 1 saturated heterocycles. The molecule has 2 N–H and O–H groups in total. The minimum atomic E-state index is -0.500. The van der Waals surface area contributed by atoms with Crippen molar-refractivity contribution in [3.8, 4) is 0 Å². The molecule has 1 heterocycles. The fourth-order valence-electron chi connectivity index (χ4n) is 2.93. The standard InChI is InChI=1S/C15H19N3O/c1-14(8-9-14)15(2)12(16)17-13(19)18(15)10-11-6-4-3-5-7-11/h3-7H,8-10H2,1-2H3,(H2,16,17,19). The predicted octanol–water partition coefficient (Wildman–Crippen LogP) is 2.75. The Bertz CT molecular complexity index is 536. The molecule has 1 aromatic rings. The highest BCUT2D eigenvalue weighted by Gasteiger charge is 2.62. The Morgan fingerprint density at radius 3 is 2.47 bits per heavy atom. The number of benzene rings is 1. The van der Waals surface area contributed by atoms with Gasteiger partial charge in [-0.1, -0.05) is 37.3 Å². The monoisotopic (exact) mass is 257 g/mol. The van der Waals surface area contributed by atoms with Crippen LogP contribution in [0, 0.1) is 10.8 Å². The molecule has 3 rings (SSSR count). The maximum atomic E-state index is 12.2. The smallest absolute Gasteiger partial charge is 0.307 e. The normalized spacial score (nSPS) is 28.4. The summed E-state index contributed by atoms with van der Waals surface area (Å²) >= 11 is 0. The Balaban J connectivity index is 1.94. The topological polar surface area (TPSA) is 56.2 Å². The van der Waals surface area contributed by atoms with E-state index in [1.165, 1.54) is 0 Å². The van der Waals surface area contributed by atoms with Gasteiger partial charge in [-0.15, -0.1) is 0 Å². The number of rotatable bonds is 3. The van der Waals surface area contributed by atoms with Crippen LogP contribution >= 0.6 is 0 Å². The van der Waals surface area contributed by atoms with Crippen LogP contribution in [0.5, 0.6) is 0 Å². The van der Waals surface area contributed by atoms with Crippen LogP contribution in [0.25, 0.3) is 0 Å². The summed E-state index contributed by atoms with van der Waals surface area (Å²) in [6, 6.07) is 9.81. The Morgan fingerprint density at radius 1 is 1.26 bits per heavy atom. The zero-order chi connectivity index (χ0) is 13.7. The van der Waals surface area contributed by atoms with Crippen LogP contribution in [0.15, 0.2) is 30.3 Å². The van der Waals surface area contributed by atoms with Crippen LogP contribution in [0.4, 0.5) is 4.79 Å². The summed E-state index contributed by atoms with van der Waals surface area (Å²) in [6.07, 6.45) is 2.15. The van der Waals surface area contributed by atoms with Crippen molar-refractivity contribution in [1.82, 2.24) is 10.2 Å². The van der Waals surface area contributed by atoms with Crippen molar-refractivity contribution in [2.45, 2.75) is 38.8 Å². The van der Waals surface area contributed by atoms with Crippen molar-refractivity contribution in [2.75, 3.05) is 0 Å². The molecule has 4 nitrogen and oxygen atoms in total. The lowest BCUT2D eigenvalue weighted by Gasteiger charge is -2.39. The SMILES string of the molecule is CC1(C2(C)C(=N)NC(=O)N2Cc2ccccc2)CC1. The molecule has 1 aliphatic heterocycles. The fraction of sp³-hybridized carbons (Fsp3) is 0.467. The average molecular weight is 257 g/mol. The third kappa shape index (κ3) is 1.66. The highest BCUT2D eigenvalue weighted by atomic mass is 16.2. The number of nitrogens with one attached hydrogen (secondary N) is 2. The van der Waals surface area contributed by atoms with E-state index >= 15 is 0 Å². The highest BCUT2D eigenvalue weighted by Crippen LogP contribution is 2.57. The molecule has 1 aromatic carbocycles. The lowest BCUT2D eigenvalue weighted by atomic mass is 9.82. The molecule has 1 atom stereocenters. The molecule has 19 heavy (non-hydrogen) atoms. The minimum Gasteiger partial charge on any atom is -0.307 e. The van der Waals surface area contributed by atoms with Gasteiger partial charge >= 0.3 is 6.03 Å². The van der Waals surface area contributed by atoms with Crippen molar-refractivity contribution in [3.05, 3.63) is 35.9 Å². The van der Waals surface area contributed by atoms with E-state index in [2.05, 4.69) is 12.2 Å². The first-order valence-electron chi connectivity index (χ1n) is 6.69. The van der Waals surface area contributed by atoms with E-state index in [-0.39, 0.29) is 11.4 Å². The quantitative estimate of drug-likeness (QED) is 0.859. The molecule has 0 spiro atoms. The molecule has 2 aliphatic rings. The molecule has 0 aromatic heterocycles. The summed E-state index contributed by atoms with van der Waals surface area (Å²) in [4.78, 5) is 14.0. The van der Waals surface area contributed by atoms with Gasteiger partial charge in [-0.3, -0.25) is 10.7 Å². The van der Waals surface area contributed by atoms with Crippen molar-refractivity contribution >= 4 is 11.9 Å². The number of carbonyl (C=O) groups is 1. The predicted molar refractivity (Wildman–Crippen MR) is 74.0 cm³/mol. The van der Waals surface area contributed by atoms with E-state index in [1.54, 1.807) is 0 Å². The van der Waals surface area contributed by atoms with Crippen molar-refractivity contribution in [1.29, 1.82) is 5.41 Å². The Labute approximate surface area is 113 Å². The molecule has 100 valence electrons. The van der Waals surface area contributed by atoms with Crippen LogP contribution in [0.2, 0.25) is 0 Å². The van der Waals surface area contributed by atoms with Crippen LogP contribution in [-0.2, 0) is 6.54 Å². The second kappa shape index (κ2) is 3.83. The van der Waals surface area contributed by atoms with Crippen molar-refractivity contribution in [3.63, 3.8) is 0 Å². The minimum absolute atomic E-state index is 0.0397. The van der Waals surface area contributed by atoms with E-state index in [4.69, 9.17) is 5.41 Å². The average Bonchev–Trinajstić information content (AvgIpc) is 3.11. The summed E-state index contributed by atoms with van der Waals surface area (Å²) < 4.78 is 0. The van der Waals surface area contributed by atoms with Gasteiger partial charge in [0.05, 0.1) is 0 Å². The molecule has 4 heteroatoms. The fourth-order valence-corrected chi connectivity index (χ4v) is 2.93. The van der Waals surface area contributed by atoms with Crippen LogP contribution in [-0.4, -0.2) is 22.3 Å². The van der Waals surface area contributed by atoms with E-state index in [0.717, 1.165) is 18.4 Å². The van der Waals surface area contributed by atoms with Gasteiger partial charge in [0.15, 0.2) is 0 Å². The van der Waals surface area contributed by atoms with Gasteiger partial charge in [-0.05, 0) is 30.7 Å². The summed E-state index contributed by atoms with van der Waals surface area (Å²) in [7, 11) is 0. The van der Waals surface area contributed by atoms with Crippen molar-refractivity contribution in [2.24, 2.45) is 5.41 Å². The lowest BCUT2D eigenvalue weighted by Crippen LogP contribution is -2.52. The maximum absolute atomic E-state index is 12.2. The maximum Gasteiger partial charge on any atom is 0.323 e. The summed E-state index contributed by atoms with van der Waals surface area (Å²) in [5, 5.41) is 10.8. The summed E-state index contributed by atoms with van der Waals surface area (Å²) in [5.41, 5.74) is 0.639. The molecular formula is C15H19N3O. The van der Waals surface area contributed by atoms with Gasteiger partial charge < -0.3 is 4.90 Å².